The predicted molar refractivity (Wildman–Crippen MR) is 71.5 cm³/mol. The van der Waals surface area contributed by atoms with Crippen LogP contribution < -0.4 is 5.73 Å². The molecule has 1 aromatic carbocycles. The second-order valence-corrected chi connectivity index (χ2v) is 5.67. The second-order valence-electron chi connectivity index (χ2n) is 4.89. The van der Waals surface area contributed by atoms with E-state index in [0.717, 1.165) is 18.4 Å². The smallest absolute Gasteiger partial charge is 0.0624 e. The van der Waals surface area contributed by atoms with Crippen molar-refractivity contribution in [3.8, 4) is 0 Å². The first-order valence-corrected chi connectivity index (χ1v) is 6.62. The molecule has 2 rings (SSSR count). The summed E-state index contributed by atoms with van der Waals surface area (Å²) < 4.78 is 0. The van der Waals surface area contributed by atoms with Gasteiger partial charge in [0.1, 0.15) is 0 Å². The number of hydrogen-bond donors (Lipinski definition) is 2. The molecular weight excluding hydrogens is 257 g/mol. The maximum atomic E-state index is 9.65. The van der Waals surface area contributed by atoms with Crippen LogP contribution in [0, 0.1) is 11.3 Å². The molecule has 1 unspecified atom stereocenters. The second kappa shape index (κ2) is 5.15. The summed E-state index contributed by atoms with van der Waals surface area (Å²) in [6.07, 6.45) is 3.00. The highest BCUT2D eigenvalue weighted by molar-refractivity contribution is 6.42. The topological polar surface area (TPSA) is 46.2 Å². The van der Waals surface area contributed by atoms with Gasteiger partial charge >= 0.3 is 0 Å². The number of aliphatic hydroxyl groups excluding tert-OH is 1. The Labute approximate surface area is 112 Å². The van der Waals surface area contributed by atoms with E-state index in [1.165, 1.54) is 0 Å². The first-order chi connectivity index (χ1) is 8.13. The minimum atomic E-state index is -0.228. The first kappa shape index (κ1) is 13.2. The molecule has 94 valence electrons. The molecule has 0 radical (unpaired) electrons. The highest BCUT2D eigenvalue weighted by Crippen LogP contribution is 2.47. The molecule has 1 fully saturated rings. The lowest BCUT2D eigenvalue weighted by Gasteiger charge is -2.31. The Kier molecular flexibility index (Phi) is 3.99. The molecule has 1 aliphatic rings. The molecule has 1 aliphatic carbocycles. The van der Waals surface area contributed by atoms with E-state index in [4.69, 9.17) is 28.9 Å². The summed E-state index contributed by atoms with van der Waals surface area (Å²) in [7, 11) is 0. The lowest BCUT2D eigenvalue weighted by Crippen LogP contribution is -2.38. The highest BCUT2D eigenvalue weighted by Gasteiger charge is 2.44. The quantitative estimate of drug-likeness (QED) is 0.867. The van der Waals surface area contributed by atoms with Crippen molar-refractivity contribution in [3.05, 3.63) is 33.8 Å². The van der Waals surface area contributed by atoms with E-state index >= 15 is 0 Å². The van der Waals surface area contributed by atoms with E-state index in [-0.39, 0.29) is 12.0 Å². The van der Waals surface area contributed by atoms with Crippen LogP contribution in [0.25, 0.3) is 0 Å². The van der Waals surface area contributed by atoms with Gasteiger partial charge < -0.3 is 10.8 Å². The molecule has 0 aliphatic heterocycles. The Hall–Kier alpha value is -0.280. The predicted octanol–water partition coefficient (Wildman–Crippen LogP) is 2.88. The van der Waals surface area contributed by atoms with Crippen LogP contribution in [0.1, 0.15) is 18.4 Å². The van der Waals surface area contributed by atoms with Gasteiger partial charge in [0.2, 0.25) is 0 Å². The normalized spacial score (nSPS) is 19.1. The summed E-state index contributed by atoms with van der Waals surface area (Å²) in [4.78, 5) is 0. The van der Waals surface area contributed by atoms with Crippen LogP contribution in [0.3, 0.4) is 0 Å². The standard InChI is InChI=1S/C13H17Cl2NO/c14-11-3-1-2-9(12(11)15)6-13(7-16,8-17)10-4-5-10/h1-3,10,17H,4-8,16H2. The summed E-state index contributed by atoms with van der Waals surface area (Å²) in [5, 5.41) is 10.8. The fourth-order valence-corrected chi connectivity index (χ4v) is 2.78. The van der Waals surface area contributed by atoms with E-state index in [1.807, 2.05) is 12.1 Å². The van der Waals surface area contributed by atoms with Gasteiger partial charge in [-0.15, -0.1) is 0 Å². The maximum Gasteiger partial charge on any atom is 0.0624 e. The van der Waals surface area contributed by atoms with Crippen LogP contribution in [0.2, 0.25) is 10.0 Å². The van der Waals surface area contributed by atoms with Crippen LogP contribution >= 0.6 is 23.2 Å². The molecule has 2 nitrogen and oxygen atoms in total. The third kappa shape index (κ3) is 2.60. The number of hydrogen-bond acceptors (Lipinski definition) is 2. The Morgan fingerprint density at radius 1 is 1.35 bits per heavy atom. The van der Waals surface area contributed by atoms with E-state index < -0.39 is 0 Å². The van der Waals surface area contributed by atoms with Gasteiger partial charge in [0.15, 0.2) is 0 Å². The summed E-state index contributed by atoms with van der Waals surface area (Å²) in [6, 6.07) is 5.61. The SMILES string of the molecule is NCC(CO)(Cc1cccc(Cl)c1Cl)C1CC1. The van der Waals surface area contributed by atoms with Crippen molar-refractivity contribution in [1.82, 2.24) is 0 Å². The molecule has 3 N–H and O–H groups in total. The zero-order chi connectivity index (χ0) is 12.5. The lowest BCUT2D eigenvalue weighted by atomic mass is 9.78. The average Bonchev–Trinajstić information content (AvgIpc) is 3.16. The average molecular weight is 274 g/mol. The number of halogens is 2. The van der Waals surface area contributed by atoms with Crippen molar-refractivity contribution in [1.29, 1.82) is 0 Å². The van der Waals surface area contributed by atoms with Crippen molar-refractivity contribution in [3.63, 3.8) is 0 Å². The Morgan fingerprint density at radius 2 is 2.06 bits per heavy atom. The third-order valence-corrected chi connectivity index (χ3v) is 4.60. The minimum absolute atomic E-state index is 0.108. The summed E-state index contributed by atoms with van der Waals surface area (Å²) in [6.45, 7) is 0.591. The molecule has 1 saturated carbocycles. The fourth-order valence-electron chi connectivity index (χ4n) is 2.39. The van der Waals surface area contributed by atoms with Gasteiger partial charge in [-0.25, -0.2) is 0 Å². The third-order valence-electron chi connectivity index (χ3n) is 3.74. The van der Waals surface area contributed by atoms with Crippen molar-refractivity contribution in [2.24, 2.45) is 17.1 Å². The van der Waals surface area contributed by atoms with E-state index in [9.17, 15) is 5.11 Å². The van der Waals surface area contributed by atoms with Crippen molar-refractivity contribution < 1.29 is 5.11 Å². The van der Waals surface area contributed by atoms with E-state index in [1.54, 1.807) is 6.07 Å². The molecule has 4 heteroatoms. The number of rotatable bonds is 5. The van der Waals surface area contributed by atoms with Gasteiger partial charge in [-0.05, 0) is 36.8 Å². The summed E-state index contributed by atoms with van der Waals surface area (Å²) >= 11 is 12.2. The Balaban J connectivity index is 2.25. The van der Waals surface area contributed by atoms with Crippen molar-refractivity contribution in [2.45, 2.75) is 19.3 Å². The monoisotopic (exact) mass is 273 g/mol. The number of nitrogens with two attached hydrogens (primary N) is 1. The maximum absolute atomic E-state index is 9.65. The number of aliphatic hydroxyl groups is 1. The molecule has 0 saturated heterocycles. The minimum Gasteiger partial charge on any atom is -0.396 e. The molecule has 1 atom stereocenters. The van der Waals surface area contributed by atoms with Crippen molar-refractivity contribution in [2.75, 3.05) is 13.2 Å². The molecule has 17 heavy (non-hydrogen) atoms. The first-order valence-electron chi connectivity index (χ1n) is 5.87. The van der Waals surface area contributed by atoms with Gasteiger partial charge in [-0.1, -0.05) is 35.3 Å². The lowest BCUT2D eigenvalue weighted by molar-refractivity contribution is 0.109. The largest absolute Gasteiger partial charge is 0.396 e. The number of benzene rings is 1. The van der Waals surface area contributed by atoms with Crippen LogP contribution in [0.15, 0.2) is 18.2 Å². The van der Waals surface area contributed by atoms with Crippen molar-refractivity contribution >= 4 is 23.2 Å². The van der Waals surface area contributed by atoms with Gasteiger partial charge in [-0.3, -0.25) is 0 Å². The summed E-state index contributed by atoms with van der Waals surface area (Å²) in [5.74, 6) is 0.521. The zero-order valence-corrected chi connectivity index (χ0v) is 11.1. The molecule has 0 heterocycles. The molecule has 1 aromatic rings. The molecular formula is C13H17Cl2NO. The highest BCUT2D eigenvalue weighted by atomic mass is 35.5. The fraction of sp³-hybridized carbons (Fsp3) is 0.538. The van der Waals surface area contributed by atoms with Crippen LogP contribution in [-0.2, 0) is 6.42 Å². The van der Waals surface area contributed by atoms with Crippen LogP contribution in [-0.4, -0.2) is 18.3 Å². The molecule has 0 amide bonds. The molecule has 0 aromatic heterocycles. The van der Waals surface area contributed by atoms with Gasteiger partial charge in [-0.2, -0.15) is 0 Å². The van der Waals surface area contributed by atoms with Gasteiger partial charge in [0.25, 0.3) is 0 Å². The van der Waals surface area contributed by atoms with Gasteiger partial charge in [0.05, 0.1) is 16.7 Å². The zero-order valence-electron chi connectivity index (χ0n) is 9.63. The Morgan fingerprint density at radius 3 is 2.59 bits per heavy atom. The van der Waals surface area contributed by atoms with E-state index in [0.29, 0.717) is 28.9 Å². The molecule has 0 spiro atoms. The van der Waals surface area contributed by atoms with Crippen LogP contribution in [0.4, 0.5) is 0 Å². The van der Waals surface area contributed by atoms with Crippen LogP contribution in [0.5, 0.6) is 0 Å². The molecule has 0 bridgehead atoms. The summed E-state index contributed by atoms with van der Waals surface area (Å²) in [5.41, 5.74) is 6.61. The van der Waals surface area contributed by atoms with Gasteiger partial charge in [0, 0.05) is 12.0 Å². The Bertz CT molecular complexity index is 400. The van der Waals surface area contributed by atoms with E-state index in [2.05, 4.69) is 0 Å².